The predicted molar refractivity (Wildman–Crippen MR) is 83.5 cm³/mol. The molecule has 0 radical (unpaired) electrons. The SMILES string of the molecule is CC(=O)Cc1cc(-c2sc3ccc(Cl)cc3c2C)n[nH]1. The van der Waals surface area contributed by atoms with Gasteiger partial charge in [-0.1, -0.05) is 11.6 Å². The van der Waals surface area contributed by atoms with E-state index < -0.39 is 0 Å². The third-order valence-corrected chi connectivity index (χ3v) is 4.73. The lowest BCUT2D eigenvalue weighted by Crippen LogP contribution is -1.95. The molecule has 2 heterocycles. The van der Waals surface area contributed by atoms with Crippen LogP contribution in [0.3, 0.4) is 0 Å². The molecule has 0 atom stereocenters. The Kier molecular flexibility index (Phi) is 3.36. The van der Waals surface area contributed by atoms with Crippen LogP contribution in [0.25, 0.3) is 20.7 Å². The van der Waals surface area contributed by atoms with Crippen molar-refractivity contribution in [3.05, 3.63) is 40.5 Å². The van der Waals surface area contributed by atoms with Crippen molar-refractivity contribution in [1.29, 1.82) is 0 Å². The largest absolute Gasteiger partial charge is 0.300 e. The first-order chi connectivity index (χ1) is 9.54. The molecule has 1 aromatic carbocycles. The van der Waals surface area contributed by atoms with Crippen molar-refractivity contribution in [3.63, 3.8) is 0 Å². The van der Waals surface area contributed by atoms with Crippen molar-refractivity contribution in [2.45, 2.75) is 20.3 Å². The third kappa shape index (κ3) is 2.37. The lowest BCUT2D eigenvalue weighted by molar-refractivity contribution is -0.116. The van der Waals surface area contributed by atoms with Crippen LogP contribution in [0, 0.1) is 6.92 Å². The number of H-pyrrole nitrogens is 1. The standard InChI is InChI=1S/C15H13ClN2OS/c1-8(19)5-11-7-13(18-17-11)15-9(2)12-6-10(16)3-4-14(12)20-15/h3-4,6-7H,5H2,1-2H3,(H,17,18). The number of fused-ring (bicyclic) bond motifs is 1. The van der Waals surface area contributed by atoms with Crippen LogP contribution in [0.2, 0.25) is 5.02 Å². The molecular formula is C15H13ClN2OS. The first-order valence-electron chi connectivity index (χ1n) is 6.27. The number of rotatable bonds is 3. The van der Waals surface area contributed by atoms with Gasteiger partial charge < -0.3 is 0 Å². The minimum Gasteiger partial charge on any atom is -0.300 e. The summed E-state index contributed by atoms with van der Waals surface area (Å²) in [6.07, 6.45) is 0.392. The molecule has 0 aliphatic carbocycles. The molecule has 3 nitrogen and oxygen atoms in total. The summed E-state index contributed by atoms with van der Waals surface area (Å²) in [5.74, 6) is 0.125. The van der Waals surface area contributed by atoms with Crippen molar-refractivity contribution >= 4 is 38.8 Å². The van der Waals surface area contributed by atoms with E-state index in [0.717, 1.165) is 26.7 Å². The average molecular weight is 305 g/mol. The maximum Gasteiger partial charge on any atom is 0.135 e. The number of carbonyl (C=O) groups excluding carboxylic acids is 1. The van der Waals surface area contributed by atoms with Crippen LogP contribution in [0.15, 0.2) is 24.3 Å². The van der Waals surface area contributed by atoms with Crippen LogP contribution in [0.5, 0.6) is 0 Å². The topological polar surface area (TPSA) is 45.8 Å². The molecule has 0 spiro atoms. The number of ketones is 1. The molecule has 1 N–H and O–H groups in total. The van der Waals surface area contributed by atoms with Gasteiger partial charge >= 0.3 is 0 Å². The number of aromatic amines is 1. The fourth-order valence-corrected chi connectivity index (χ4v) is 3.60. The smallest absolute Gasteiger partial charge is 0.135 e. The molecular weight excluding hydrogens is 292 g/mol. The van der Waals surface area contributed by atoms with E-state index in [2.05, 4.69) is 17.1 Å². The molecule has 0 bridgehead atoms. The lowest BCUT2D eigenvalue weighted by atomic mass is 10.1. The third-order valence-electron chi connectivity index (χ3n) is 3.20. The van der Waals surface area contributed by atoms with E-state index in [1.54, 1.807) is 18.3 Å². The van der Waals surface area contributed by atoms with E-state index in [-0.39, 0.29) is 5.78 Å². The van der Waals surface area contributed by atoms with E-state index in [4.69, 9.17) is 11.6 Å². The highest BCUT2D eigenvalue weighted by Gasteiger charge is 2.14. The van der Waals surface area contributed by atoms with Gasteiger partial charge in [0.25, 0.3) is 0 Å². The summed E-state index contributed by atoms with van der Waals surface area (Å²) in [5, 5.41) is 9.15. The fraction of sp³-hybridized carbons (Fsp3) is 0.200. The Labute approximate surface area is 125 Å². The van der Waals surface area contributed by atoms with Crippen LogP contribution in [0.4, 0.5) is 0 Å². The van der Waals surface area contributed by atoms with Crippen LogP contribution in [-0.2, 0) is 11.2 Å². The Morgan fingerprint density at radius 1 is 1.40 bits per heavy atom. The lowest BCUT2D eigenvalue weighted by Gasteiger charge is -1.94. The van der Waals surface area contributed by atoms with Gasteiger partial charge in [-0.2, -0.15) is 5.10 Å². The zero-order valence-corrected chi connectivity index (χ0v) is 12.7. The number of aryl methyl sites for hydroxylation is 1. The fourth-order valence-electron chi connectivity index (χ4n) is 2.27. The minimum absolute atomic E-state index is 0.125. The maximum atomic E-state index is 11.1. The number of Topliss-reactive ketones (excluding diaryl/α,β-unsaturated/α-hetero) is 1. The summed E-state index contributed by atoms with van der Waals surface area (Å²) in [5.41, 5.74) is 2.91. The summed E-state index contributed by atoms with van der Waals surface area (Å²) in [6, 6.07) is 7.85. The Balaban J connectivity index is 2.07. The molecule has 0 aliphatic rings. The van der Waals surface area contributed by atoms with Gasteiger partial charge in [-0.3, -0.25) is 9.89 Å². The molecule has 20 heavy (non-hydrogen) atoms. The first-order valence-corrected chi connectivity index (χ1v) is 7.47. The average Bonchev–Trinajstić information content (AvgIpc) is 2.95. The summed E-state index contributed by atoms with van der Waals surface area (Å²) in [7, 11) is 0. The second kappa shape index (κ2) is 5.04. The highest BCUT2D eigenvalue weighted by Crippen LogP contribution is 2.38. The number of hydrogen-bond donors (Lipinski definition) is 1. The van der Waals surface area contributed by atoms with Crippen LogP contribution in [-0.4, -0.2) is 16.0 Å². The Bertz CT molecular complexity index is 803. The Morgan fingerprint density at radius 2 is 2.20 bits per heavy atom. The number of nitrogens with zero attached hydrogens (tertiary/aromatic N) is 1. The van der Waals surface area contributed by atoms with Crippen molar-refractivity contribution in [3.8, 4) is 10.6 Å². The molecule has 0 saturated heterocycles. The van der Waals surface area contributed by atoms with Gasteiger partial charge in [-0.25, -0.2) is 0 Å². The summed E-state index contributed by atoms with van der Waals surface area (Å²) < 4.78 is 1.19. The predicted octanol–water partition coefficient (Wildman–Crippen LogP) is 4.38. The molecule has 0 amide bonds. The van der Waals surface area contributed by atoms with Crippen molar-refractivity contribution in [2.75, 3.05) is 0 Å². The van der Waals surface area contributed by atoms with Crippen LogP contribution in [0.1, 0.15) is 18.2 Å². The number of hydrogen-bond acceptors (Lipinski definition) is 3. The van der Waals surface area contributed by atoms with Gasteiger partial charge in [-0.05, 0) is 49.1 Å². The number of halogens is 1. The number of aromatic nitrogens is 2. The van der Waals surface area contributed by atoms with Crippen LogP contribution >= 0.6 is 22.9 Å². The molecule has 0 aliphatic heterocycles. The highest BCUT2D eigenvalue weighted by molar-refractivity contribution is 7.22. The Hall–Kier alpha value is -1.65. The number of thiophene rings is 1. The number of benzene rings is 1. The normalized spacial score (nSPS) is 11.2. The molecule has 102 valence electrons. The molecule has 3 aromatic rings. The van der Waals surface area contributed by atoms with Crippen molar-refractivity contribution in [1.82, 2.24) is 10.2 Å². The molecule has 5 heteroatoms. The first kappa shape index (κ1) is 13.3. The monoisotopic (exact) mass is 304 g/mol. The van der Waals surface area contributed by atoms with E-state index in [1.165, 1.54) is 10.3 Å². The summed E-state index contributed by atoms with van der Waals surface area (Å²) in [6.45, 7) is 3.65. The molecule has 2 aromatic heterocycles. The molecule has 0 unspecified atom stereocenters. The van der Waals surface area contributed by atoms with Gasteiger partial charge in [0.05, 0.1) is 4.88 Å². The zero-order chi connectivity index (χ0) is 14.3. The summed E-state index contributed by atoms with van der Waals surface area (Å²) in [4.78, 5) is 12.3. The van der Waals surface area contributed by atoms with Gasteiger partial charge in [0.1, 0.15) is 11.5 Å². The van der Waals surface area contributed by atoms with Crippen molar-refractivity contribution < 1.29 is 4.79 Å². The maximum absolute atomic E-state index is 11.1. The minimum atomic E-state index is 0.125. The second-order valence-corrected chi connectivity index (χ2v) is 6.34. The van der Waals surface area contributed by atoms with Gasteiger partial charge in [-0.15, -0.1) is 11.3 Å². The molecule has 0 saturated carbocycles. The van der Waals surface area contributed by atoms with E-state index in [9.17, 15) is 4.79 Å². The zero-order valence-electron chi connectivity index (χ0n) is 11.2. The quantitative estimate of drug-likeness (QED) is 0.780. The van der Waals surface area contributed by atoms with Gasteiger partial charge in [0.15, 0.2) is 0 Å². The van der Waals surface area contributed by atoms with Gasteiger partial charge in [0, 0.05) is 21.8 Å². The second-order valence-electron chi connectivity index (χ2n) is 4.85. The highest BCUT2D eigenvalue weighted by atomic mass is 35.5. The number of carbonyl (C=O) groups is 1. The van der Waals surface area contributed by atoms with Gasteiger partial charge in [0.2, 0.25) is 0 Å². The summed E-state index contributed by atoms with van der Waals surface area (Å²) >= 11 is 7.74. The van der Waals surface area contributed by atoms with Crippen LogP contribution < -0.4 is 0 Å². The number of nitrogens with one attached hydrogen (secondary N) is 1. The van der Waals surface area contributed by atoms with E-state index >= 15 is 0 Å². The molecule has 3 rings (SSSR count). The van der Waals surface area contributed by atoms with E-state index in [0.29, 0.717) is 6.42 Å². The van der Waals surface area contributed by atoms with Crippen molar-refractivity contribution in [2.24, 2.45) is 0 Å². The molecule has 0 fully saturated rings. The Morgan fingerprint density at radius 3 is 2.95 bits per heavy atom. The van der Waals surface area contributed by atoms with E-state index in [1.807, 2.05) is 24.3 Å².